The molecule has 0 aliphatic heterocycles. The quantitative estimate of drug-likeness (QED) is 0.741. The molecule has 1 aliphatic rings. The van der Waals surface area contributed by atoms with Gasteiger partial charge in [0.05, 0.1) is 15.8 Å². The van der Waals surface area contributed by atoms with Gasteiger partial charge in [0.15, 0.2) is 11.0 Å². The summed E-state index contributed by atoms with van der Waals surface area (Å²) in [6, 6.07) is 5.21. The summed E-state index contributed by atoms with van der Waals surface area (Å²) in [5.74, 6) is 0.721. The zero-order valence-electron chi connectivity index (χ0n) is 9.19. The summed E-state index contributed by atoms with van der Waals surface area (Å²) in [6.07, 6.45) is 7.89. The summed E-state index contributed by atoms with van der Waals surface area (Å²) in [7, 11) is 0. The average Bonchev–Trinajstić information content (AvgIpc) is 2.83. The first-order chi connectivity index (χ1) is 8.65. The highest BCUT2D eigenvalue weighted by molar-refractivity contribution is 9.11. The van der Waals surface area contributed by atoms with Gasteiger partial charge >= 0.3 is 0 Å². The summed E-state index contributed by atoms with van der Waals surface area (Å²) in [5, 5.41) is 0.575. The Morgan fingerprint density at radius 1 is 1.06 bits per heavy atom. The predicted molar refractivity (Wildman–Crippen MR) is 78.9 cm³/mol. The largest absolute Gasteiger partial charge is 0.459 e. The average molecular weight is 368 g/mol. The van der Waals surface area contributed by atoms with Crippen molar-refractivity contribution in [3.63, 3.8) is 0 Å². The molecule has 2 nitrogen and oxygen atoms in total. The van der Waals surface area contributed by atoms with Crippen LogP contribution in [0.4, 0.5) is 0 Å². The number of fused-ring (bicyclic) bond motifs is 1. The van der Waals surface area contributed by atoms with Crippen LogP contribution in [0.3, 0.4) is 0 Å². The Morgan fingerprint density at radius 3 is 2.50 bits per heavy atom. The summed E-state index contributed by atoms with van der Waals surface area (Å²) >= 11 is 6.80. The van der Waals surface area contributed by atoms with Crippen molar-refractivity contribution in [3.8, 4) is 0 Å². The lowest BCUT2D eigenvalue weighted by Crippen LogP contribution is -2.04. The standard InChI is InChI=1S/C14H8Br2O2/c15-9-5-10-12(17)7-13(8-3-1-2-4-8)18-14(10)11(16)6-9/h1-8H. The number of hydrogen-bond acceptors (Lipinski definition) is 2. The molecule has 4 heteroatoms. The highest BCUT2D eigenvalue weighted by Crippen LogP contribution is 2.30. The van der Waals surface area contributed by atoms with Gasteiger partial charge in [-0.25, -0.2) is 0 Å². The fourth-order valence-corrected chi connectivity index (χ4v) is 3.29. The molecule has 1 aliphatic carbocycles. The van der Waals surface area contributed by atoms with Crippen LogP contribution < -0.4 is 5.43 Å². The fraction of sp³-hybridized carbons (Fsp3) is 0.0714. The molecule has 0 saturated carbocycles. The lowest BCUT2D eigenvalue weighted by Gasteiger charge is -2.07. The van der Waals surface area contributed by atoms with Gasteiger partial charge in [0, 0.05) is 10.5 Å². The van der Waals surface area contributed by atoms with E-state index in [1.165, 1.54) is 0 Å². The zero-order chi connectivity index (χ0) is 12.7. The molecule has 1 aromatic heterocycles. The molecule has 0 unspecified atom stereocenters. The monoisotopic (exact) mass is 366 g/mol. The van der Waals surface area contributed by atoms with Gasteiger partial charge in [-0.2, -0.15) is 0 Å². The molecule has 18 heavy (non-hydrogen) atoms. The molecule has 0 bridgehead atoms. The van der Waals surface area contributed by atoms with Crippen LogP contribution in [0, 0.1) is 0 Å². The smallest absolute Gasteiger partial charge is 0.193 e. The summed E-state index contributed by atoms with van der Waals surface area (Å²) in [6.45, 7) is 0. The van der Waals surface area contributed by atoms with E-state index in [2.05, 4.69) is 31.9 Å². The molecule has 0 N–H and O–H groups in total. The van der Waals surface area contributed by atoms with Gasteiger partial charge in [-0.15, -0.1) is 0 Å². The Labute approximate surface area is 120 Å². The Hall–Kier alpha value is -1.13. The van der Waals surface area contributed by atoms with E-state index in [1.54, 1.807) is 12.1 Å². The number of benzene rings is 1. The molecule has 90 valence electrons. The van der Waals surface area contributed by atoms with Crippen molar-refractivity contribution in [3.05, 3.63) is 67.4 Å². The Bertz CT molecular complexity index is 729. The lowest BCUT2D eigenvalue weighted by atomic mass is 10.1. The number of halogens is 2. The third-order valence-electron chi connectivity index (χ3n) is 2.84. The SMILES string of the molecule is O=c1cc(C2C=CC=C2)oc2c(Br)cc(Br)cc12. The minimum Gasteiger partial charge on any atom is -0.459 e. The molecule has 0 spiro atoms. The van der Waals surface area contributed by atoms with Crippen LogP contribution in [-0.4, -0.2) is 0 Å². The maximum Gasteiger partial charge on any atom is 0.193 e. The van der Waals surface area contributed by atoms with Gasteiger partial charge in [0.1, 0.15) is 5.76 Å². The van der Waals surface area contributed by atoms with E-state index in [9.17, 15) is 4.79 Å². The second kappa shape index (κ2) is 4.52. The van der Waals surface area contributed by atoms with Crippen molar-refractivity contribution in [2.45, 2.75) is 5.92 Å². The Kier molecular flexibility index (Phi) is 2.99. The normalized spacial score (nSPS) is 14.8. The number of allylic oxidation sites excluding steroid dienone is 4. The van der Waals surface area contributed by atoms with E-state index in [4.69, 9.17) is 4.42 Å². The van der Waals surface area contributed by atoms with Gasteiger partial charge in [-0.3, -0.25) is 4.79 Å². The topological polar surface area (TPSA) is 30.2 Å². The molecule has 0 atom stereocenters. The van der Waals surface area contributed by atoms with Crippen LogP contribution >= 0.6 is 31.9 Å². The van der Waals surface area contributed by atoms with Gasteiger partial charge in [-0.1, -0.05) is 40.2 Å². The van der Waals surface area contributed by atoms with Crippen LogP contribution in [0.2, 0.25) is 0 Å². The van der Waals surface area contributed by atoms with Crippen LogP contribution in [0.15, 0.2) is 60.7 Å². The Morgan fingerprint density at radius 2 is 1.78 bits per heavy atom. The number of hydrogen-bond donors (Lipinski definition) is 0. The zero-order valence-corrected chi connectivity index (χ0v) is 12.4. The Balaban J connectivity index is 2.30. The second-order valence-corrected chi connectivity index (χ2v) is 5.84. The minimum absolute atomic E-state index is 0.0260. The maximum absolute atomic E-state index is 12.1. The van der Waals surface area contributed by atoms with Crippen LogP contribution in [-0.2, 0) is 0 Å². The second-order valence-electron chi connectivity index (χ2n) is 4.07. The van der Waals surface area contributed by atoms with Gasteiger partial charge in [0.2, 0.25) is 0 Å². The minimum atomic E-state index is -0.0260. The molecule has 1 aromatic carbocycles. The highest BCUT2D eigenvalue weighted by atomic mass is 79.9. The van der Waals surface area contributed by atoms with Crippen molar-refractivity contribution in [1.82, 2.24) is 0 Å². The third-order valence-corrected chi connectivity index (χ3v) is 3.89. The molecule has 3 rings (SSSR count). The first-order valence-electron chi connectivity index (χ1n) is 5.43. The number of rotatable bonds is 1. The summed E-state index contributed by atoms with van der Waals surface area (Å²) < 4.78 is 7.47. The van der Waals surface area contributed by atoms with Crippen molar-refractivity contribution in [2.24, 2.45) is 0 Å². The van der Waals surface area contributed by atoms with E-state index in [0.717, 1.165) is 8.95 Å². The summed E-state index contributed by atoms with van der Waals surface area (Å²) in [4.78, 5) is 12.1. The first kappa shape index (κ1) is 11.9. The summed E-state index contributed by atoms with van der Waals surface area (Å²) in [5.41, 5.74) is 0.566. The van der Waals surface area contributed by atoms with E-state index in [0.29, 0.717) is 16.7 Å². The van der Waals surface area contributed by atoms with Crippen LogP contribution in [0.5, 0.6) is 0 Å². The molecule has 0 radical (unpaired) electrons. The van der Waals surface area contributed by atoms with E-state index in [1.807, 2.05) is 30.4 Å². The molecule has 1 heterocycles. The van der Waals surface area contributed by atoms with Gasteiger partial charge in [0.25, 0.3) is 0 Å². The molecule has 0 fully saturated rings. The van der Waals surface area contributed by atoms with E-state index < -0.39 is 0 Å². The molecule has 0 amide bonds. The van der Waals surface area contributed by atoms with E-state index in [-0.39, 0.29) is 11.3 Å². The molecular formula is C14H8Br2O2. The predicted octanol–water partition coefficient (Wildman–Crippen LogP) is 4.53. The van der Waals surface area contributed by atoms with E-state index >= 15 is 0 Å². The van der Waals surface area contributed by atoms with Crippen molar-refractivity contribution in [2.75, 3.05) is 0 Å². The van der Waals surface area contributed by atoms with Gasteiger partial charge in [-0.05, 0) is 28.1 Å². The third kappa shape index (κ3) is 1.99. The van der Waals surface area contributed by atoms with Crippen molar-refractivity contribution in [1.29, 1.82) is 0 Å². The van der Waals surface area contributed by atoms with Crippen LogP contribution in [0.25, 0.3) is 11.0 Å². The van der Waals surface area contributed by atoms with Crippen LogP contribution in [0.1, 0.15) is 11.7 Å². The molecular weight excluding hydrogens is 360 g/mol. The molecule has 0 saturated heterocycles. The maximum atomic E-state index is 12.1. The first-order valence-corrected chi connectivity index (χ1v) is 7.01. The lowest BCUT2D eigenvalue weighted by molar-refractivity contribution is 0.535. The fourth-order valence-electron chi connectivity index (χ4n) is 1.99. The highest BCUT2D eigenvalue weighted by Gasteiger charge is 2.14. The molecule has 2 aromatic rings. The van der Waals surface area contributed by atoms with Crippen molar-refractivity contribution >= 4 is 42.8 Å². The van der Waals surface area contributed by atoms with Crippen molar-refractivity contribution < 1.29 is 4.42 Å². The van der Waals surface area contributed by atoms with Gasteiger partial charge < -0.3 is 4.42 Å².